The van der Waals surface area contributed by atoms with Crippen LogP contribution < -0.4 is 5.32 Å². The van der Waals surface area contributed by atoms with Crippen molar-refractivity contribution in [3.05, 3.63) is 71.3 Å². The second-order valence-electron chi connectivity index (χ2n) is 7.31. The zero-order chi connectivity index (χ0) is 22.9. The molecule has 0 radical (unpaired) electrons. The van der Waals surface area contributed by atoms with Crippen LogP contribution in [0.2, 0.25) is 0 Å². The largest absolute Gasteiger partial charge is 0.465 e. The summed E-state index contributed by atoms with van der Waals surface area (Å²) in [6, 6.07) is 14.9. The topological polar surface area (TPSA) is 71.1 Å². The summed E-state index contributed by atoms with van der Waals surface area (Å²) in [5.74, 6) is -1.08. The number of methoxy groups -OCH3 is 2. The van der Waals surface area contributed by atoms with Gasteiger partial charge in [-0.3, -0.25) is 4.90 Å². The van der Waals surface area contributed by atoms with Crippen LogP contribution in [-0.4, -0.2) is 73.8 Å². The van der Waals surface area contributed by atoms with E-state index in [4.69, 9.17) is 21.7 Å². The molecule has 32 heavy (non-hydrogen) atoms. The van der Waals surface area contributed by atoms with E-state index in [-0.39, 0.29) is 11.1 Å². The van der Waals surface area contributed by atoms with E-state index in [1.165, 1.54) is 25.8 Å². The third-order valence-electron chi connectivity index (χ3n) is 5.16. The van der Waals surface area contributed by atoms with Gasteiger partial charge < -0.3 is 19.7 Å². The number of ether oxygens (including phenoxy) is 2. The quantitative estimate of drug-likeness (QED) is 0.528. The normalized spacial score (nSPS) is 14.2. The second-order valence-corrected chi connectivity index (χ2v) is 7.70. The van der Waals surface area contributed by atoms with Gasteiger partial charge in [0.05, 0.1) is 25.3 Å². The van der Waals surface area contributed by atoms with Crippen LogP contribution in [0.25, 0.3) is 6.08 Å². The molecule has 0 aliphatic carbocycles. The van der Waals surface area contributed by atoms with E-state index in [0.29, 0.717) is 10.8 Å². The number of anilines is 1. The van der Waals surface area contributed by atoms with Gasteiger partial charge in [-0.25, -0.2) is 9.59 Å². The maximum Gasteiger partial charge on any atom is 0.337 e. The lowest BCUT2D eigenvalue weighted by Gasteiger charge is -2.35. The summed E-state index contributed by atoms with van der Waals surface area (Å²) in [6.45, 7) is 4.22. The minimum absolute atomic E-state index is 0.246. The molecule has 1 fully saturated rings. The maximum atomic E-state index is 12.0. The van der Waals surface area contributed by atoms with Gasteiger partial charge in [-0.1, -0.05) is 42.5 Å². The van der Waals surface area contributed by atoms with Gasteiger partial charge in [-0.15, -0.1) is 0 Å². The first-order valence-corrected chi connectivity index (χ1v) is 10.7. The first kappa shape index (κ1) is 23.4. The molecular formula is C24H27N3O4S. The number of benzene rings is 2. The number of rotatable bonds is 6. The molecule has 2 aromatic carbocycles. The molecule has 1 aliphatic heterocycles. The van der Waals surface area contributed by atoms with Gasteiger partial charge in [0, 0.05) is 38.4 Å². The Kier molecular flexibility index (Phi) is 8.35. The van der Waals surface area contributed by atoms with Crippen molar-refractivity contribution < 1.29 is 19.1 Å². The van der Waals surface area contributed by atoms with E-state index in [0.717, 1.165) is 32.7 Å². The zero-order valence-corrected chi connectivity index (χ0v) is 19.1. The van der Waals surface area contributed by atoms with Crippen molar-refractivity contribution >= 4 is 41.0 Å². The average molecular weight is 454 g/mol. The summed E-state index contributed by atoms with van der Waals surface area (Å²) in [6.07, 6.45) is 4.31. The SMILES string of the molecule is COC(=O)c1cc(NC(=S)N2CCN(C/C=C/c3ccccc3)CC2)cc(C(=O)OC)c1. The molecule has 2 aromatic rings. The van der Waals surface area contributed by atoms with E-state index >= 15 is 0 Å². The summed E-state index contributed by atoms with van der Waals surface area (Å²) in [4.78, 5) is 28.4. The highest BCUT2D eigenvalue weighted by Crippen LogP contribution is 2.18. The monoisotopic (exact) mass is 453 g/mol. The fourth-order valence-corrected chi connectivity index (χ4v) is 3.71. The van der Waals surface area contributed by atoms with Gasteiger partial charge in [-0.05, 0) is 36.0 Å². The molecule has 3 rings (SSSR count). The van der Waals surface area contributed by atoms with Crippen molar-refractivity contribution in [3.63, 3.8) is 0 Å². The Balaban J connectivity index is 1.57. The van der Waals surface area contributed by atoms with E-state index in [9.17, 15) is 9.59 Å². The van der Waals surface area contributed by atoms with Crippen molar-refractivity contribution in [2.24, 2.45) is 0 Å². The predicted octanol–water partition coefficient (Wildman–Crippen LogP) is 3.29. The highest BCUT2D eigenvalue weighted by Gasteiger charge is 2.19. The number of carbonyl (C=O) groups excluding carboxylic acids is 2. The maximum absolute atomic E-state index is 12.0. The minimum atomic E-state index is -0.540. The van der Waals surface area contributed by atoms with Crippen molar-refractivity contribution in [2.45, 2.75) is 0 Å². The van der Waals surface area contributed by atoms with E-state index in [1.807, 2.05) is 18.2 Å². The number of hydrogen-bond acceptors (Lipinski definition) is 6. The number of piperazine rings is 1. The summed E-state index contributed by atoms with van der Waals surface area (Å²) < 4.78 is 9.56. The van der Waals surface area contributed by atoms with Crippen molar-refractivity contribution in [1.82, 2.24) is 9.80 Å². The molecule has 0 saturated carbocycles. The highest BCUT2D eigenvalue weighted by molar-refractivity contribution is 7.80. The fourth-order valence-electron chi connectivity index (χ4n) is 3.41. The number of nitrogens with one attached hydrogen (secondary N) is 1. The zero-order valence-electron chi connectivity index (χ0n) is 18.2. The Bertz CT molecular complexity index is 952. The molecule has 1 heterocycles. The van der Waals surface area contributed by atoms with Crippen molar-refractivity contribution in [2.75, 3.05) is 52.3 Å². The lowest BCUT2D eigenvalue weighted by Crippen LogP contribution is -2.49. The molecule has 1 aliphatic rings. The average Bonchev–Trinajstić information content (AvgIpc) is 2.83. The van der Waals surface area contributed by atoms with Crippen LogP contribution >= 0.6 is 12.2 Å². The summed E-state index contributed by atoms with van der Waals surface area (Å²) in [7, 11) is 2.58. The number of hydrogen-bond donors (Lipinski definition) is 1. The van der Waals surface area contributed by atoms with Crippen LogP contribution in [0.3, 0.4) is 0 Å². The molecule has 0 bridgehead atoms. The number of thiocarbonyl (C=S) groups is 1. The summed E-state index contributed by atoms with van der Waals surface area (Å²) in [5.41, 5.74) is 2.22. The molecule has 1 N–H and O–H groups in total. The molecule has 1 saturated heterocycles. The Morgan fingerprint density at radius 2 is 1.56 bits per heavy atom. The van der Waals surface area contributed by atoms with E-state index in [2.05, 4.69) is 39.4 Å². The van der Waals surface area contributed by atoms with Gasteiger partial charge in [-0.2, -0.15) is 0 Å². The molecule has 8 heteroatoms. The molecule has 0 spiro atoms. The Hall–Kier alpha value is -3.23. The molecule has 0 aromatic heterocycles. The van der Waals surface area contributed by atoms with Crippen LogP contribution in [0.5, 0.6) is 0 Å². The molecule has 7 nitrogen and oxygen atoms in total. The lowest BCUT2D eigenvalue weighted by atomic mass is 10.1. The van der Waals surface area contributed by atoms with Gasteiger partial charge >= 0.3 is 11.9 Å². The van der Waals surface area contributed by atoms with Crippen molar-refractivity contribution in [3.8, 4) is 0 Å². The van der Waals surface area contributed by atoms with Gasteiger partial charge in [0.15, 0.2) is 5.11 Å². The first-order valence-electron chi connectivity index (χ1n) is 10.3. The molecular weight excluding hydrogens is 426 g/mol. The van der Waals surface area contributed by atoms with Crippen molar-refractivity contribution in [1.29, 1.82) is 0 Å². The van der Waals surface area contributed by atoms with Gasteiger partial charge in [0.2, 0.25) is 0 Å². The van der Waals surface area contributed by atoms with Crippen LogP contribution in [0.15, 0.2) is 54.6 Å². The van der Waals surface area contributed by atoms with Crippen LogP contribution in [0.1, 0.15) is 26.3 Å². The Labute approximate surface area is 193 Å². The van der Waals surface area contributed by atoms with E-state index < -0.39 is 11.9 Å². The number of esters is 2. The molecule has 168 valence electrons. The predicted molar refractivity (Wildman–Crippen MR) is 129 cm³/mol. The molecule has 0 atom stereocenters. The van der Waals surface area contributed by atoms with Crippen LogP contribution in [-0.2, 0) is 9.47 Å². The van der Waals surface area contributed by atoms with E-state index in [1.54, 1.807) is 12.1 Å². The van der Waals surface area contributed by atoms with Crippen LogP contribution in [0, 0.1) is 0 Å². The highest BCUT2D eigenvalue weighted by atomic mass is 32.1. The first-order chi connectivity index (χ1) is 15.5. The second kappa shape index (κ2) is 11.4. The Morgan fingerprint density at radius 1 is 0.969 bits per heavy atom. The Morgan fingerprint density at radius 3 is 2.12 bits per heavy atom. The fraction of sp³-hybridized carbons (Fsp3) is 0.292. The van der Waals surface area contributed by atoms with Gasteiger partial charge in [0.1, 0.15) is 0 Å². The third-order valence-corrected chi connectivity index (χ3v) is 5.52. The summed E-state index contributed by atoms with van der Waals surface area (Å²) in [5, 5.41) is 3.68. The number of carbonyl (C=O) groups is 2. The standard InChI is InChI=1S/C24H27N3O4S/c1-30-22(28)19-15-20(23(29)31-2)17-21(16-19)25-24(32)27-13-11-26(12-14-27)10-6-9-18-7-4-3-5-8-18/h3-9,15-17H,10-14H2,1-2H3,(H,25,32)/b9-6+. The minimum Gasteiger partial charge on any atom is -0.465 e. The van der Waals surface area contributed by atoms with Gasteiger partial charge in [0.25, 0.3) is 0 Å². The smallest absolute Gasteiger partial charge is 0.337 e. The lowest BCUT2D eigenvalue weighted by molar-refractivity contribution is 0.0599. The third kappa shape index (κ3) is 6.38. The van der Waals surface area contributed by atoms with Crippen LogP contribution in [0.4, 0.5) is 5.69 Å². The summed E-state index contributed by atoms with van der Waals surface area (Å²) >= 11 is 5.57. The number of nitrogens with zero attached hydrogens (tertiary/aromatic N) is 2. The molecule has 0 unspecified atom stereocenters. The molecule has 0 amide bonds.